The molecule has 0 aromatic heterocycles. The zero-order valence-corrected chi connectivity index (χ0v) is 12.5. The van der Waals surface area contributed by atoms with Gasteiger partial charge in [-0.25, -0.2) is 0 Å². The van der Waals surface area contributed by atoms with Crippen LogP contribution < -0.4 is 0 Å². The Bertz CT molecular complexity index is 468. The largest absolute Gasteiger partial charge is 0.389 e. The third-order valence-electron chi connectivity index (χ3n) is 5.58. The predicted octanol–water partition coefficient (Wildman–Crippen LogP) is 3.84. The maximum atomic E-state index is 9.99. The second-order valence-corrected chi connectivity index (χ2v) is 7.03. The number of allylic oxidation sites excluding steroid dienone is 2. The average Bonchev–Trinajstić information content (AvgIpc) is 2.34. The fourth-order valence-electron chi connectivity index (χ4n) is 4.02. The van der Waals surface area contributed by atoms with Crippen molar-refractivity contribution < 1.29 is 5.11 Å². The number of nitrogens with zero attached hydrogens (tertiary/aromatic N) is 1. The highest BCUT2D eigenvalue weighted by molar-refractivity contribution is 5.39. The Labute approximate surface area is 116 Å². The number of fused-ring (bicyclic) bond motifs is 1. The summed E-state index contributed by atoms with van der Waals surface area (Å²) in [5.41, 5.74) is 1.78. The highest BCUT2D eigenvalue weighted by atomic mass is 16.3. The van der Waals surface area contributed by atoms with Crippen molar-refractivity contribution in [3.05, 3.63) is 23.8 Å². The molecule has 0 aliphatic heterocycles. The van der Waals surface area contributed by atoms with Gasteiger partial charge in [-0.2, -0.15) is 5.26 Å². The number of rotatable bonds is 1. The lowest BCUT2D eigenvalue weighted by atomic mass is 9.48. The van der Waals surface area contributed by atoms with Gasteiger partial charge in [0, 0.05) is 5.92 Å². The van der Waals surface area contributed by atoms with Crippen molar-refractivity contribution in [3.63, 3.8) is 0 Å². The molecule has 0 aromatic carbocycles. The summed E-state index contributed by atoms with van der Waals surface area (Å²) in [6.45, 7) is 12.8. The summed E-state index contributed by atoms with van der Waals surface area (Å²) in [6, 6.07) is 2.61. The van der Waals surface area contributed by atoms with Crippen LogP contribution in [0.15, 0.2) is 23.8 Å². The van der Waals surface area contributed by atoms with Crippen LogP contribution in [-0.4, -0.2) is 11.2 Å². The van der Waals surface area contributed by atoms with Crippen LogP contribution in [0.2, 0.25) is 0 Å². The van der Waals surface area contributed by atoms with Crippen LogP contribution in [0.3, 0.4) is 0 Å². The molecule has 0 saturated heterocycles. The second kappa shape index (κ2) is 4.49. The number of nitriles is 1. The van der Waals surface area contributed by atoms with Crippen LogP contribution in [0.4, 0.5) is 0 Å². The average molecular weight is 259 g/mol. The van der Waals surface area contributed by atoms with Crippen molar-refractivity contribution in [1.29, 1.82) is 5.26 Å². The van der Waals surface area contributed by atoms with Crippen LogP contribution >= 0.6 is 0 Å². The van der Waals surface area contributed by atoms with Crippen LogP contribution in [0.5, 0.6) is 0 Å². The fourth-order valence-corrected chi connectivity index (χ4v) is 4.02. The number of hydrogen-bond donors (Lipinski definition) is 1. The first-order chi connectivity index (χ1) is 8.75. The van der Waals surface area contributed by atoms with E-state index in [0.29, 0.717) is 12.3 Å². The lowest BCUT2D eigenvalue weighted by Crippen LogP contribution is -2.49. The summed E-state index contributed by atoms with van der Waals surface area (Å²) in [5.74, 6) is 0.714. The zero-order valence-electron chi connectivity index (χ0n) is 12.5. The third-order valence-corrected chi connectivity index (χ3v) is 5.58. The Kier molecular flexibility index (Phi) is 3.39. The summed E-state index contributed by atoms with van der Waals surface area (Å²) in [7, 11) is 0. The van der Waals surface area contributed by atoms with Gasteiger partial charge >= 0.3 is 0 Å². The number of aliphatic hydroxyl groups excluding tert-OH is 1. The lowest BCUT2D eigenvalue weighted by molar-refractivity contribution is 0.0710. The van der Waals surface area contributed by atoms with E-state index in [9.17, 15) is 10.4 Å². The van der Waals surface area contributed by atoms with Crippen molar-refractivity contribution in [3.8, 4) is 6.07 Å². The molecular formula is C17H25NO. The SMILES string of the molecule is C=C(C)[C@@H]1C[C@@H](C)C(C)(C)C2=C[C@@H](O)CC[C@]21C#N. The molecule has 2 heteroatoms. The van der Waals surface area contributed by atoms with E-state index in [-0.39, 0.29) is 11.3 Å². The molecule has 4 atom stereocenters. The minimum absolute atomic E-state index is 0.0247. The lowest BCUT2D eigenvalue weighted by Gasteiger charge is -2.54. The Morgan fingerprint density at radius 2 is 2.16 bits per heavy atom. The highest BCUT2D eigenvalue weighted by Gasteiger charge is 2.55. The first-order valence-corrected chi connectivity index (χ1v) is 7.23. The number of aliphatic hydroxyl groups is 1. The van der Waals surface area contributed by atoms with Gasteiger partial charge in [0.1, 0.15) is 0 Å². The Balaban J connectivity index is 2.62. The van der Waals surface area contributed by atoms with Gasteiger partial charge in [-0.15, -0.1) is 0 Å². The molecule has 0 spiro atoms. The zero-order chi connectivity index (χ0) is 14.4. The third kappa shape index (κ3) is 1.96. The van der Waals surface area contributed by atoms with E-state index in [1.165, 1.54) is 0 Å². The van der Waals surface area contributed by atoms with E-state index in [1.807, 2.05) is 13.0 Å². The topological polar surface area (TPSA) is 44.0 Å². The first-order valence-electron chi connectivity index (χ1n) is 7.23. The molecule has 0 radical (unpaired) electrons. The van der Waals surface area contributed by atoms with Crippen LogP contribution in [0.1, 0.15) is 47.0 Å². The first kappa shape index (κ1) is 14.3. The van der Waals surface area contributed by atoms with Crippen molar-refractivity contribution >= 4 is 0 Å². The van der Waals surface area contributed by atoms with E-state index in [0.717, 1.165) is 24.0 Å². The van der Waals surface area contributed by atoms with Gasteiger partial charge in [0.05, 0.1) is 17.6 Å². The predicted molar refractivity (Wildman–Crippen MR) is 77.2 cm³/mol. The molecule has 0 heterocycles. The van der Waals surface area contributed by atoms with Gasteiger partial charge in [-0.05, 0) is 43.1 Å². The molecule has 2 aliphatic rings. The molecule has 2 rings (SSSR count). The fraction of sp³-hybridized carbons (Fsp3) is 0.706. The van der Waals surface area contributed by atoms with Crippen molar-refractivity contribution in [1.82, 2.24) is 0 Å². The summed E-state index contributed by atoms with van der Waals surface area (Å²) in [6.07, 6.45) is 4.02. The summed E-state index contributed by atoms with van der Waals surface area (Å²) in [4.78, 5) is 0. The molecule has 1 fully saturated rings. The Morgan fingerprint density at radius 3 is 2.68 bits per heavy atom. The Morgan fingerprint density at radius 1 is 1.53 bits per heavy atom. The van der Waals surface area contributed by atoms with Gasteiger partial charge < -0.3 is 5.11 Å². The molecule has 0 bridgehead atoms. The molecule has 1 N–H and O–H groups in total. The quantitative estimate of drug-likeness (QED) is 0.727. The van der Waals surface area contributed by atoms with Crippen molar-refractivity contribution in [2.45, 2.75) is 53.1 Å². The maximum Gasteiger partial charge on any atom is 0.0854 e. The normalized spacial score (nSPS) is 40.8. The summed E-state index contributed by atoms with van der Waals surface area (Å²) >= 11 is 0. The molecule has 104 valence electrons. The molecule has 1 saturated carbocycles. The van der Waals surface area contributed by atoms with Crippen LogP contribution in [0, 0.1) is 34.0 Å². The minimum Gasteiger partial charge on any atom is -0.389 e. The highest BCUT2D eigenvalue weighted by Crippen LogP contribution is 2.61. The van der Waals surface area contributed by atoms with Gasteiger partial charge in [0.2, 0.25) is 0 Å². The van der Waals surface area contributed by atoms with E-state index in [4.69, 9.17) is 0 Å². The molecule has 2 nitrogen and oxygen atoms in total. The van der Waals surface area contributed by atoms with E-state index in [2.05, 4.69) is 33.4 Å². The molecule has 19 heavy (non-hydrogen) atoms. The van der Waals surface area contributed by atoms with Crippen LogP contribution in [0.25, 0.3) is 0 Å². The number of hydrogen-bond acceptors (Lipinski definition) is 2. The monoisotopic (exact) mass is 259 g/mol. The molecule has 0 amide bonds. The van der Waals surface area contributed by atoms with Gasteiger partial charge in [0.15, 0.2) is 0 Å². The van der Waals surface area contributed by atoms with E-state index >= 15 is 0 Å². The van der Waals surface area contributed by atoms with E-state index in [1.54, 1.807) is 0 Å². The van der Waals surface area contributed by atoms with E-state index < -0.39 is 11.5 Å². The van der Waals surface area contributed by atoms with Gasteiger partial charge in [-0.1, -0.05) is 39.0 Å². The van der Waals surface area contributed by atoms with Gasteiger partial charge in [-0.3, -0.25) is 0 Å². The van der Waals surface area contributed by atoms with Crippen LogP contribution in [-0.2, 0) is 0 Å². The summed E-state index contributed by atoms with van der Waals surface area (Å²) in [5, 5.41) is 19.9. The van der Waals surface area contributed by atoms with Gasteiger partial charge in [0.25, 0.3) is 0 Å². The minimum atomic E-state index is -0.443. The van der Waals surface area contributed by atoms with Crippen molar-refractivity contribution in [2.24, 2.45) is 22.7 Å². The molecule has 0 aromatic rings. The van der Waals surface area contributed by atoms with Crippen molar-refractivity contribution in [2.75, 3.05) is 0 Å². The molecular weight excluding hydrogens is 234 g/mol. The Hall–Kier alpha value is -1.07. The molecule has 2 aliphatic carbocycles. The second-order valence-electron chi connectivity index (χ2n) is 7.03. The maximum absolute atomic E-state index is 9.99. The summed E-state index contributed by atoms with van der Waals surface area (Å²) < 4.78 is 0. The smallest absolute Gasteiger partial charge is 0.0854 e. The standard InChI is InChI=1S/C17H25NO/c1-11(2)14-8-12(3)16(4,5)15-9-13(19)6-7-17(14,15)10-18/h9,12-14,19H,1,6-8H2,2-5H3/t12-,13+,14+,17-/m1/s1. The molecule has 0 unspecified atom stereocenters.